The van der Waals surface area contributed by atoms with E-state index in [9.17, 15) is 9.59 Å². The highest BCUT2D eigenvalue weighted by atomic mass is 35.5. The quantitative estimate of drug-likeness (QED) is 0.707. The normalized spacial score (nSPS) is 10.7. The first kappa shape index (κ1) is 17.0. The molecule has 0 spiro atoms. The average molecular weight is 358 g/mol. The Hall–Kier alpha value is -2.79. The molecular formula is C19H16ClNO4. The van der Waals surface area contributed by atoms with Crippen molar-refractivity contribution in [3.63, 3.8) is 0 Å². The number of carbonyl (C=O) groups excluding carboxylic acids is 1. The molecule has 5 nitrogen and oxygen atoms in total. The molecule has 1 N–H and O–H groups in total. The summed E-state index contributed by atoms with van der Waals surface area (Å²) in [6.07, 6.45) is 0. The summed E-state index contributed by atoms with van der Waals surface area (Å²) in [4.78, 5) is 22.8. The second kappa shape index (κ2) is 6.99. The van der Waals surface area contributed by atoms with E-state index in [1.807, 2.05) is 6.92 Å². The van der Waals surface area contributed by atoms with Crippen LogP contribution in [0.25, 0.3) is 11.0 Å². The smallest absolute Gasteiger partial charge is 0.336 e. The van der Waals surface area contributed by atoms with Crippen molar-refractivity contribution in [1.82, 2.24) is 0 Å². The summed E-state index contributed by atoms with van der Waals surface area (Å²) < 4.78 is 11.0. The molecule has 0 aliphatic heterocycles. The highest BCUT2D eigenvalue weighted by molar-refractivity contribution is 6.32. The third-order valence-corrected chi connectivity index (χ3v) is 4.09. The van der Waals surface area contributed by atoms with Crippen molar-refractivity contribution in [1.29, 1.82) is 0 Å². The van der Waals surface area contributed by atoms with Gasteiger partial charge in [0.05, 0.1) is 0 Å². The molecule has 0 atom stereocenters. The van der Waals surface area contributed by atoms with E-state index >= 15 is 0 Å². The van der Waals surface area contributed by atoms with Crippen LogP contribution in [0.2, 0.25) is 5.02 Å². The number of aryl methyl sites for hydroxylation is 1. The number of ether oxygens (including phenoxy) is 1. The lowest BCUT2D eigenvalue weighted by Crippen LogP contribution is -2.06. The molecule has 3 rings (SSSR count). The summed E-state index contributed by atoms with van der Waals surface area (Å²) in [7, 11) is 0. The average Bonchev–Trinajstić information content (AvgIpc) is 2.55. The van der Waals surface area contributed by atoms with Crippen LogP contribution in [0.5, 0.6) is 5.75 Å². The SMILES string of the molecule is CC(=O)Nc1ccc(OCc2cc(=O)oc3cc(C)c(Cl)cc23)cc1. The van der Waals surface area contributed by atoms with Crippen molar-refractivity contribution in [2.24, 2.45) is 0 Å². The van der Waals surface area contributed by atoms with E-state index in [1.54, 1.807) is 36.4 Å². The van der Waals surface area contributed by atoms with E-state index in [0.717, 1.165) is 10.9 Å². The van der Waals surface area contributed by atoms with Gasteiger partial charge >= 0.3 is 5.63 Å². The first-order chi connectivity index (χ1) is 11.9. The maximum absolute atomic E-state index is 11.8. The van der Waals surface area contributed by atoms with Gasteiger partial charge in [0.25, 0.3) is 0 Å². The minimum absolute atomic E-state index is 0.136. The zero-order chi connectivity index (χ0) is 18.0. The number of nitrogens with one attached hydrogen (secondary N) is 1. The predicted molar refractivity (Wildman–Crippen MR) is 97.3 cm³/mol. The van der Waals surface area contributed by atoms with Crippen LogP contribution in [0, 0.1) is 6.92 Å². The Bertz CT molecular complexity index is 993. The fraction of sp³-hybridized carbons (Fsp3) is 0.158. The van der Waals surface area contributed by atoms with Crippen LogP contribution in [0.4, 0.5) is 5.69 Å². The van der Waals surface area contributed by atoms with Gasteiger partial charge in [0, 0.05) is 34.6 Å². The summed E-state index contributed by atoms with van der Waals surface area (Å²) in [5, 5.41) is 4.03. The highest BCUT2D eigenvalue weighted by Gasteiger charge is 2.09. The van der Waals surface area contributed by atoms with E-state index in [1.165, 1.54) is 13.0 Å². The van der Waals surface area contributed by atoms with Crippen LogP contribution in [0.1, 0.15) is 18.1 Å². The number of fused-ring (bicyclic) bond motifs is 1. The third kappa shape index (κ3) is 4.00. The molecule has 0 aliphatic carbocycles. The summed E-state index contributed by atoms with van der Waals surface area (Å²) in [5.74, 6) is 0.483. The lowest BCUT2D eigenvalue weighted by atomic mass is 10.1. The Kier molecular flexibility index (Phi) is 4.76. The van der Waals surface area contributed by atoms with Crippen molar-refractivity contribution >= 4 is 34.2 Å². The van der Waals surface area contributed by atoms with Gasteiger partial charge in [-0.3, -0.25) is 4.79 Å². The minimum atomic E-state index is -0.436. The Balaban J connectivity index is 1.84. The molecule has 128 valence electrons. The first-order valence-corrected chi connectivity index (χ1v) is 8.03. The van der Waals surface area contributed by atoms with Gasteiger partial charge in [-0.1, -0.05) is 11.6 Å². The van der Waals surface area contributed by atoms with Crippen LogP contribution in [0.15, 0.2) is 51.7 Å². The molecule has 2 aromatic carbocycles. The second-order valence-corrected chi connectivity index (χ2v) is 6.09. The number of hydrogen-bond donors (Lipinski definition) is 1. The Morgan fingerprint density at radius 2 is 1.92 bits per heavy atom. The number of halogens is 1. The van der Waals surface area contributed by atoms with Crippen molar-refractivity contribution in [2.75, 3.05) is 5.32 Å². The van der Waals surface area contributed by atoms with Crippen molar-refractivity contribution in [3.05, 3.63) is 69.0 Å². The largest absolute Gasteiger partial charge is 0.489 e. The van der Waals surface area contributed by atoms with E-state index in [4.69, 9.17) is 20.8 Å². The maximum atomic E-state index is 11.8. The topological polar surface area (TPSA) is 68.5 Å². The number of carbonyl (C=O) groups is 1. The lowest BCUT2D eigenvalue weighted by Gasteiger charge is -2.10. The van der Waals surface area contributed by atoms with Crippen LogP contribution >= 0.6 is 11.6 Å². The molecule has 0 bridgehead atoms. The second-order valence-electron chi connectivity index (χ2n) is 5.68. The zero-order valence-electron chi connectivity index (χ0n) is 13.8. The van der Waals surface area contributed by atoms with E-state index in [-0.39, 0.29) is 12.5 Å². The van der Waals surface area contributed by atoms with Crippen molar-refractivity contribution < 1.29 is 13.9 Å². The Morgan fingerprint density at radius 1 is 1.20 bits per heavy atom. The number of amides is 1. The van der Waals surface area contributed by atoms with Crippen LogP contribution < -0.4 is 15.7 Å². The van der Waals surface area contributed by atoms with Crippen molar-refractivity contribution in [2.45, 2.75) is 20.5 Å². The summed E-state index contributed by atoms with van der Waals surface area (Å²) in [5.41, 5.74) is 2.26. The predicted octanol–water partition coefficient (Wildman–Crippen LogP) is 4.29. The fourth-order valence-corrected chi connectivity index (χ4v) is 2.63. The number of anilines is 1. The number of benzene rings is 2. The molecule has 1 heterocycles. The van der Waals surface area contributed by atoms with Gasteiger partial charge < -0.3 is 14.5 Å². The monoisotopic (exact) mass is 357 g/mol. The fourth-order valence-electron chi connectivity index (χ4n) is 2.47. The third-order valence-electron chi connectivity index (χ3n) is 3.68. The van der Waals surface area contributed by atoms with E-state index in [2.05, 4.69) is 5.32 Å². The van der Waals surface area contributed by atoms with Crippen molar-refractivity contribution in [3.8, 4) is 5.75 Å². The number of hydrogen-bond acceptors (Lipinski definition) is 4. The molecule has 0 fully saturated rings. The molecule has 0 saturated carbocycles. The van der Waals surface area contributed by atoms with Gasteiger partial charge in [0.1, 0.15) is 17.9 Å². The summed E-state index contributed by atoms with van der Waals surface area (Å²) in [6.45, 7) is 3.49. The highest BCUT2D eigenvalue weighted by Crippen LogP contribution is 2.26. The molecule has 1 aromatic heterocycles. The minimum Gasteiger partial charge on any atom is -0.489 e. The van der Waals surface area contributed by atoms with Gasteiger partial charge in [0.15, 0.2) is 0 Å². The zero-order valence-corrected chi connectivity index (χ0v) is 14.5. The molecule has 0 aliphatic rings. The van der Waals surface area contributed by atoms with Gasteiger partial charge in [-0.15, -0.1) is 0 Å². The molecule has 6 heteroatoms. The lowest BCUT2D eigenvalue weighted by molar-refractivity contribution is -0.114. The van der Waals surface area contributed by atoms with Crippen LogP contribution in [-0.4, -0.2) is 5.91 Å². The molecule has 1 amide bonds. The molecule has 3 aromatic rings. The standard InChI is InChI=1S/C19H16ClNO4/c1-11-7-18-16(9-17(11)20)13(8-19(23)25-18)10-24-15-5-3-14(4-6-15)21-12(2)22/h3-9H,10H2,1-2H3,(H,21,22). The molecule has 25 heavy (non-hydrogen) atoms. The van der Waals surface area contributed by atoms with Crippen LogP contribution in [0.3, 0.4) is 0 Å². The van der Waals surface area contributed by atoms with Gasteiger partial charge in [-0.05, 0) is 48.9 Å². The maximum Gasteiger partial charge on any atom is 0.336 e. The van der Waals surface area contributed by atoms with Gasteiger partial charge in [-0.25, -0.2) is 4.79 Å². The molecule has 0 saturated heterocycles. The van der Waals surface area contributed by atoms with E-state index in [0.29, 0.717) is 27.6 Å². The summed E-state index contributed by atoms with van der Waals surface area (Å²) >= 11 is 6.18. The first-order valence-electron chi connectivity index (χ1n) is 7.66. The Labute approximate surface area is 149 Å². The van der Waals surface area contributed by atoms with Gasteiger partial charge in [-0.2, -0.15) is 0 Å². The Morgan fingerprint density at radius 3 is 2.60 bits per heavy atom. The molecular weight excluding hydrogens is 342 g/mol. The van der Waals surface area contributed by atoms with Gasteiger partial charge in [0.2, 0.25) is 5.91 Å². The summed E-state index contributed by atoms with van der Waals surface area (Å²) in [6, 6.07) is 11.9. The molecule has 0 unspecified atom stereocenters. The van der Waals surface area contributed by atoms with E-state index < -0.39 is 5.63 Å². The molecule has 0 radical (unpaired) electrons. The number of rotatable bonds is 4. The van der Waals surface area contributed by atoms with Crippen LogP contribution in [-0.2, 0) is 11.4 Å².